The molecule has 1 amide bonds. The molecular weight excluding hydrogens is 324 g/mol. The van der Waals surface area contributed by atoms with Gasteiger partial charge in [0.25, 0.3) is 0 Å². The Labute approximate surface area is 151 Å². The van der Waals surface area contributed by atoms with Crippen molar-refractivity contribution < 1.29 is 9.21 Å². The van der Waals surface area contributed by atoms with Crippen molar-refractivity contribution in [2.75, 3.05) is 0 Å². The number of carbonyl (C=O) groups is 1. The number of nitrogens with one attached hydrogen (secondary N) is 1. The monoisotopic (exact) mass is 342 g/mol. The lowest BCUT2D eigenvalue weighted by atomic mass is 9.93. The van der Waals surface area contributed by atoms with Gasteiger partial charge in [-0.1, -0.05) is 48.5 Å². The Morgan fingerprint density at radius 2 is 1.46 bits per heavy atom. The summed E-state index contributed by atoms with van der Waals surface area (Å²) >= 11 is 0. The lowest BCUT2D eigenvalue weighted by Crippen LogP contribution is -2.16. The van der Waals surface area contributed by atoms with Crippen molar-refractivity contribution in [1.29, 1.82) is 0 Å². The van der Waals surface area contributed by atoms with Gasteiger partial charge in [-0.05, 0) is 53.1 Å². The van der Waals surface area contributed by atoms with Gasteiger partial charge in [0.2, 0.25) is 0 Å². The number of furan rings is 1. The van der Waals surface area contributed by atoms with Gasteiger partial charge in [-0.25, -0.2) is 5.43 Å². The SMILES string of the molecule is Cc1ccc(C(=O)N/N=C\c2c3ccccc3c(C)c3ccccc23)o1. The number of nitrogens with zero attached hydrogens (tertiary/aromatic N) is 1. The molecule has 0 spiro atoms. The third kappa shape index (κ3) is 2.75. The highest BCUT2D eigenvalue weighted by Crippen LogP contribution is 2.31. The van der Waals surface area contributed by atoms with E-state index in [0.717, 1.165) is 16.3 Å². The van der Waals surface area contributed by atoms with Crippen LogP contribution in [0.1, 0.15) is 27.4 Å². The van der Waals surface area contributed by atoms with Gasteiger partial charge in [0, 0.05) is 5.56 Å². The Morgan fingerprint density at radius 3 is 2.00 bits per heavy atom. The molecule has 0 aliphatic heterocycles. The van der Waals surface area contributed by atoms with E-state index < -0.39 is 0 Å². The average Bonchev–Trinajstić information content (AvgIpc) is 3.11. The molecule has 0 aliphatic rings. The highest BCUT2D eigenvalue weighted by molar-refractivity contribution is 6.15. The second kappa shape index (κ2) is 6.48. The van der Waals surface area contributed by atoms with Crippen molar-refractivity contribution in [1.82, 2.24) is 5.43 Å². The average molecular weight is 342 g/mol. The number of benzene rings is 3. The lowest BCUT2D eigenvalue weighted by Gasteiger charge is -2.11. The maximum absolute atomic E-state index is 12.1. The smallest absolute Gasteiger partial charge is 0.307 e. The summed E-state index contributed by atoms with van der Waals surface area (Å²) in [5, 5.41) is 8.75. The van der Waals surface area contributed by atoms with Crippen molar-refractivity contribution in [3.8, 4) is 0 Å². The normalized spacial score (nSPS) is 11.5. The van der Waals surface area contributed by atoms with E-state index in [0.29, 0.717) is 5.76 Å². The van der Waals surface area contributed by atoms with E-state index in [1.54, 1.807) is 25.3 Å². The van der Waals surface area contributed by atoms with E-state index in [1.807, 2.05) is 24.3 Å². The summed E-state index contributed by atoms with van der Waals surface area (Å²) in [6, 6.07) is 19.9. The number of hydrazone groups is 1. The highest BCUT2D eigenvalue weighted by Gasteiger charge is 2.11. The van der Waals surface area contributed by atoms with Crippen LogP contribution < -0.4 is 5.43 Å². The number of rotatable bonds is 3. The number of amides is 1. The first-order chi connectivity index (χ1) is 12.6. The van der Waals surface area contributed by atoms with Crippen LogP contribution in [0.4, 0.5) is 0 Å². The summed E-state index contributed by atoms with van der Waals surface area (Å²) in [4.78, 5) is 12.1. The Kier molecular flexibility index (Phi) is 4.01. The molecular formula is C22H18N2O2. The van der Waals surface area contributed by atoms with Crippen LogP contribution in [0, 0.1) is 13.8 Å². The van der Waals surface area contributed by atoms with Crippen molar-refractivity contribution in [3.05, 3.63) is 83.3 Å². The van der Waals surface area contributed by atoms with E-state index in [4.69, 9.17) is 4.42 Å². The molecule has 0 saturated heterocycles. The molecule has 26 heavy (non-hydrogen) atoms. The Balaban J connectivity index is 1.77. The summed E-state index contributed by atoms with van der Waals surface area (Å²) in [7, 11) is 0. The summed E-state index contributed by atoms with van der Waals surface area (Å²) in [6.07, 6.45) is 1.71. The minimum absolute atomic E-state index is 0.248. The molecule has 0 unspecified atom stereocenters. The number of fused-ring (bicyclic) bond motifs is 2. The van der Waals surface area contributed by atoms with E-state index in [1.165, 1.54) is 16.3 Å². The summed E-state index contributed by atoms with van der Waals surface area (Å²) in [6.45, 7) is 3.93. The fourth-order valence-electron chi connectivity index (χ4n) is 3.29. The van der Waals surface area contributed by atoms with E-state index in [2.05, 4.69) is 41.7 Å². The van der Waals surface area contributed by atoms with Crippen LogP contribution in [0.15, 0.2) is 70.2 Å². The maximum Gasteiger partial charge on any atom is 0.307 e. The predicted octanol–water partition coefficient (Wildman–Crippen LogP) is 4.97. The molecule has 4 rings (SSSR count). The molecule has 0 saturated carbocycles. The molecule has 3 aromatic carbocycles. The third-order valence-electron chi connectivity index (χ3n) is 4.57. The highest BCUT2D eigenvalue weighted by atomic mass is 16.3. The molecule has 1 aromatic heterocycles. The van der Waals surface area contributed by atoms with Crippen LogP contribution in [-0.4, -0.2) is 12.1 Å². The standard InChI is InChI=1S/C22H18N2O2/c1-14-11-12-21(26-14)22(25)24-23-13-20-18-9-5-3-7-16(18)15(2)17-8-4-6-10-19(17)20/h3-13H,1-2H3,(H,24,25)/b23-13-. The zero-order valence-electron chi connectivity index (χ0n) is 14.6. The first kappa shape index (κ1) is 16.1. The summed E-state index contributed by atoms with van der Waals surface area (Å²) < 4.78 is 5.32. The number of aryl methyl sites for hydroxylation is 2. The van der Waals surface area contributed by atoms with Crippen LogP contribution in [-0.2, 0) is 0 Å². The quantitative estimate of drug-likeness (QED) is 0.325. The molecule has 1 heterocycles. The maximum atomic E-state index is 12.1. The Hall–Kier alpha value is -3.40. The topological polar surface area (TPSA) is 54.6 Å². The van der Waals surface area contributed by atoms with Gasteiger partial charge in [-0.2, -0.15) is 5.10 Å². The van der Waals surface area contributed by atoms with E-state index >= 15 is 0 Å². The molecule has 0 fully saturated rings. The Morgan fingerprint density at radius 1 is 0.885 bits per heavy atom. The van der Waals surface area contributed by atoms with Crippen molar-refractivity contribution in [2.45, 2.75) is 13.8 Å². The minimum Gasteiger partial charge on any atom is -0.456 e. The lowest BCUT2D eigenvalue weighted by molar-refractivity contribution is 0.0926. The second-order valence-electron chi connectivity index (χ2n) is 6.24. The molecule has 0 aliphatic carbocycles. The molecule has 128 valence electrons. The second-order valence-corrected chi connectivity index (χ2v) is 6.24. The predicted molar refractivity (Wildman–Crippen MR) is 105 cm³/mol. The van der Waals surface area contributed by atoms with E-state index in [9.17, 15) is 4.79 Å². The van der Waals surface area contributed by atoms with Gasteiger partial charge in [0.05, 0.1) is 6.21 Å². The third-order valence-corrected chi connectivity index (χ3v) is 4.57. The van der Waals surface area contributed by atoms with Crippen LogP contribution in [0.2, 0.25) is 0 Å². The first-order valence-corrected chi connectivity index (χ1v) is 8.45. The fourth-order valence-corrected chi connectivity index (χ4v) is 3.29. The molecule has 0 bridgehead atoms. The summed E-state index contributed by atoms with van der Waals surface area (Å²) in [5.41, 5.74) is 4.76. The van der Waals surface area contributed by atoms with Gasteiger partial charge in [0.15, 0.2) is 5.76 Å². The van der Waals surface area contributed by atoms with Crippen LogP contribution in [0.3, 0.4) is 0 Å². The molecule has 4 heteroatoms. The van der Waals surface area contributed by atoms with Crippen LogP contribution >= 0.6 is 0 Å². The van der Waals surface area contributed by atoms with E-state index in [-0.39, 0.29) is 11.7 Å². The fraction of sp³-hybridized carbons (Fsp3) is 0.0909. The first-order valence-electron chi connectivity index (χ1n) is 8.45. The zero-order valence-corrected chi connectivity index (χ0v) is 14.6. The van der Waals surface area contributed by atoms with Gasteiger partial charge in [-0.15, -0.1) is 0 Å². The molecule has 4 aromatic rings. The number of hydrogen-bond acceptors (Lipinski definition) is 3. The van der Waals surface area contributed by atoms with Gasteiger partial charge in [-0.3, -0.25) is 4.79 Å². The van der Waals surface area contributed by atoms with Gasteiger partial charge in [0.1, 0.15) is 5.76 Å². The van der Waals surface area contributed by atoms with Crippen LogP contribution in [0.25, 0.3) is 21.5 Å². The van der Waals surface area contributed by atoms with Crippen molar-refractivity contribution in [3.63, 3.8) is 0 Å². The number of carbonyl (C=O) groups excluding carboxylic acids is 1. The van der Waals surface area contributed by atoms with Crippen molar-refractivity contribution >= 4 is 33.7 Å². The Bertz CT molecular complexity index is 1100. The van der Waals surface area contributed by atoms with Gasteiger partial charge < -0.3 is 4.42 Å². The zero-order chi connectivity index (χ0) is 18.1. The molecule has 0 atom stereocenters. The van der Waals surface area contributed by atoms with Crippen LogP contribution in [0.5, 0.6) is 0 Å². The van der Waals surface area contributed by atoms with Gasteiger partial charge >= 0.3 is 5.91 Å². The number of hydrogen-bond donors (Lipinski definition) is 1. The minimum atomic E-state index is -0.366. The largest absolute Gasteiger partial charge is 0.456 e. The van der Waals surface area contributed by atoms with Crippen molar-refractivity contribution in [2.24, 2.45) is 5.10 Å². The summed E-state index contributed by atoms with van der Waals surface area (Å²) in [5.74, 6) is 0.572. The molecule has 0 radical (unpaired) electrons. The molecule has 4 nitrogen and oxygen atoms in total. The molecule has 1 N–H and O–H groups in total.